The van der Waals surface area contributed by atoms with Crippen molar-refractivity contribution < 1.29 is 24.2 Å². The van der Waals surface area contributed by atoms with Crippen LogP contribution in [0.25, 0.3) is 0 Å². The van der Waals surface area contributed by atoms with Gasteiger partial charge in [-0.05, 0) is 57.3 Å². The Hall–Kier alpha value is -2.90. The number of amides is 1. The number of hydrogen-bond acceptors (Lipinski definition) is 6. The lowest BCUT2D eigenvalue weighted by atomic mass is 10.2. The Labute approximate surface area is 171 Å². The van der Waals surface area contributed by atoms with E-state index >= 15 is 0 Å². The number of carbonyl (C=O) groups excluding carboxylic acids is 2. The Balaban J connectivity index is 1.72. The average Bonchev–Trinajstić information content (AvgIpc) is 2.68. The highest BCUT2D eigenvalue weighted by Gasteiger charge is 2.13. The van der Waals surface area contributed by atoms with Gasteiger partial charge < -0.3 is 19.9 Å². The molecular formula is C22H28N2O5. The summed E-state index contributed by atoms with van der Waals surface area (Å²) in [5, 5.41) is 13.0. The van der Waals surface area contributed by atoms with E-state index in [2.05, 4.69) is 5.32 Å². The normalized spacial score (nSPS) is 11.8. The van der Waals surface area contributed by atoms with Gasteiger partial charge >= 0.3 is 5.97 Å². The number of aliphatic hydroxyl groups excluding tert-OH is 1. The van der Waals surface area contributed by atoms with Crippen molar-refractivity contribution in [3.63, 3.8) is 0 Å². The number of hydrogen-bond donors (Lipinski definition) is 2. The largest absolute Gasteiger partial charge is 0.491 e. The van der Waals surface area contributed by atoms with Crippen LogP contribution in [0.2, 0.25) is 0 Å². The Morgan fingerprint density at radius 3 is 2.38 bits per heavy atom. The molecule has 1 unspecified atom stereocenters. The summed E-state index contributed by atoms with van der Waals surface area (Å²) in [4.78, 5) is 25.4. The Kier molecular flexibility index (Phi) is 8.64. The number of rotatable bonds is 10. The molecule has 2 aromatic rings. The summed E-state index contributed by atoms with van der Waals surface area (Å²) >= 11 is 0. The van der Waals surface area contributed by atoms with E-state index in [1.165, 1.54) is 0 Å². The molecule has 7 nitrogen and oxygen atoms in total. The number of ether oxygens (including phenoxy) is 2. The second-order valence-corrected chi connectivity index (χ2v) is 6.82. The monoisotopic (exact) mass is 400 g/mol. The molecule has 0 heterocycles. The van der Waals surface area contributed by atoms with Gasteiger partial charge in [0.1, 0.15) is 18.5 Å². The van der Waals surface area contributed by atoms with E-state index in [1.807, 2.05) is 31.2 Å². The summed E-state index contributed by atoms with van der Waals surface area (Å²) in [5.41, 5.74) is 2.31. The molecule has 0 saturated heterocycles. The summed E-state index contributed by atoms with van der Waals surface area (Å²) < 4.78 is 10.5. The zero-order chi connectivity index (χ0) is 21.2. The minimum atomic E-state index is -0.767. The van der Waals surface area contributed by atoms with Crippen LogP contribution in [-0.4, -0.2) is 61.3 Å². The molecule has 0 aliphatic carbocycles. The molecule has 156 valence electrons. The maximum atomic E-state index is 12.1. The zero-order valence-electron chi connectivity index (χ0n) is 17.1. The van der Waals surface area contributed by atoms with E-state index in [-0.39, 0.29) is 31.6 Å². The number of nitrogens with one attached hydrogen (secondary N) is 1. The van der Waals surface area contributed by atoms with Gasteiger partial charge in [0.2, 0.25) is 5.91 Å². The predicted octanol–water partition coefficient (Wildman–Crippen LogP) is 2.48. The van der Waals surface area contributed by atoms with Crippen LogP contribution in [0.3, 0.4) is 0 Å². The lowest BCUT2D eigenvalue weighted by Crippen LogP contribution is -2.37. The predicted molar refractivity (Wildman–Crippen MR) is 111 cm³/mol. The van der Waals surface area contributed by atoms with E-state index in [9.17, 15) is 14.7 Å². The molecule has 1 amide bonds. The van der Waals surface area contributed by atoms with Crippen LogP contribution in [0.5, 0.6) is 5.75 Å². The molecule has 0 spiro atoms. The summed E-state index contributed by atoms with van der Waals surface area (Å²) in [6.07, 6.45) is -0.767. The van der Waals surface area contributed by atoms with Gasteiger partial charge in [-0.3, -0.25) is 9.69 Å². The minimum absolute atomic E-state index is 0.0721. The number of aliphatic hydroxyl groups is 1. The number of anilines is 1. The van der Waals surface area contributed by atoms with Crippen molar-refractivity contribution in [3.05, 3.63) is 59.7 Å². The van der Waals surface area contributed by atoms with Crippen molar-refractivity contribution in [1.29, 1.82) is 0 Å². The highest BCUT2D eigenvalue weighted by atomic mass is 16.5. The van der Waals surface area contributed by atoms with Crippen LogP contribution < -0.4 is 10.1 Å². The Morgan fingerprint density at radius 2 is 1.76 bits per heavy atom. The molecule has 0 bridgehead atoms. The van der Waals surface area contributed by atoms with Crippen molar-refractivity contribution in [1.82, 2.24) is 4.90 Å². The van der Waals surface area contributed by atoms with Crippen molar-refractivity contribution >= 4 is 17.6 Å². The third-order valence-corrected chi connectivity index (χ3v) is 4.08. The fourth-order valence-corrected chi connectivity index (χ4v) is 2.65. The third kappa shape index (κ3) is 7.93. The van der Waals surface area contributed by atoms with Crippen LogP contribution in [0.15, 0.2) is 48.5 Å². The summed E-state index contributed by atoms with van der Waals surface area (Å²) in [7, 11) is 1.76. The quantitative estimate of drug-likeness (QED) is 0.596. The van der Waals surface area contributed by atoms with Crippen molar-refractivity contribution in [3.8, 4) is 5.75 Å². The average molecular weight is 400 g/mol. The van der Waals surface area contributed by atoms with Crippen LogP contribution in [0.4, 0.5) is 5.69 Å². The van der Waals surface area contributed by atoms with Crippen molar-refractivity contribution in [2.45, 2.75) is 20.0 Å². The first-order chi connectivity index (χ1) is 13.9. The number of nitrogens with zero attached hydrogens (tertiary/aromatic N) is 1. The highest BCUT2D eigenvalue weighted by molar-refractivity contribution is 5.92. The maximum Gasteiger partial charge on any atom is 0.338 e. The number of carbonyl (C=O) groups is 2. The topological polar surface area (TPSA) is 88.1 Å². The molecule has 0 radical (unpaired) electrons. The first-order valence-electron chi connectivity index (χ1n) is 9.50. The van der Waals surface area contributed by atoms with Gasteiger partial charge in [-0.2, -0.15) is 0 Å². The molecule has 1 atom stereocenters. The van der Waals surface area contributed by atoms with Crippen LogP contribution >= 0.6 is 0 Å². The zero-order valence-corrected chi connectivity index (χ0v) is 17.1. The molecule has 2 aromatic carbocycles. The molecule has 0 aromatic heterocycles. The molecule has 2 rings (SSSR count). The van der Waals surface area contributed by atoms with E-state index in [4.69, 9.17) is 9.47 Å². The minimum Gasteiger partial charge on any atom is -0.491 e. The maximum absolute atomic E-state index is 12.1. The molecule has 0 fully saturated rings. The molecular weight excluding hydrogens is 372 g/mol. The van der Waals surface area contributed by atoms with Crippen LogP contribution in [0.1, 0.15) is 22.8 Å². The molecule has 0 aliphatic heterocycles. The molecule has 2 N–H and O–H groups in total. The van der Waals surface area contributed by atoms with E-state index in [0.29, 0.717) is 17.9 Å². The smallest absolute Gasteiger partial charge is 0.338 e. The van der Waals surface area contributed by atoms with E-state index in [1.54, 1.807) is 43.1 Å². The SMILES string of the molecule is CCOC(=O)c1ccc(OCC(O)CN(C)CC(=O)Nc2ccc(C)cc2)cc1. The van der Waals surface area contributed by atoms with Crippen molar-refractivity contribution in [2.75, 3.05) is 38.7 Å². The first kappa shape index (κ1) is 22.4. The highest BCUT2D eigenvalue weighted by Crippen LogP contribution is 2.13. The molecule has 0 aliphatic rings. The van der Waals surface area contributed by atoms with Gasteiger partial charge in [-0.25, -0.2) is 4.79 Å². The van der Waals surface area contributed by atoms with Gasteiger partial charge in [0.05, 0.1) is 18.7 Å². The number of aryl methyl sites for hydroxylation is 1. The van der Waals surface area contributed by atoms with Gasteiger partial charge in [0.15, 0.2) is 0 Å². The molecule has 0 saturated carbocycles. The Morgan fingerprint density at radius 1 is 1.10 bits per heavy atom. The van der Waals surface area contributed by atoms with Gasteiger partial charge in [-0.15, -0.1) is 0 Å². The van der Waals surface area contributed by atoms with Gasteiger partial charge in [0.25, 0.3) is 0 Å². The van der Waals surface area contributed by atoms with Crippen LogP contribution in [0, 0.1) is 6.92 Å². The summed E-state index contributed by atoms with van der Waals surface area (Å²) in [5.74, 6) is 0.000476. The number of likely N-dealkylation sites (N-methyl/N-ethyl adjacent to an activating group) is 1. The molecule has 7 heteroatoms. The van der Waals surface area contributed by atoms with Crippen molar-refractivity contribution in [2.24, 2.45) is 0 Å². The third-order valence-electron chi connectivity index (χ3n) is 4.08. The fourth-order valence-electron chi connectivity index (χ4n) is 2.65. The van der Waals surface area contributed by atoms with E-state index in [0.717, 1.165) is 11.3 Å². The van der Waals surface area contributed by atoms with Gasteiger partial charge in [0, 0.05) is 12.2 Å². The lowest BCUT2D eigenvalue weighted by molar-refractivity contribution is -0.117. The number of esters is 1. The lowest BCUT2D eigenvalue weighted by Gasteiger charge is -2.20. The van der Waals surface area contributed by atoms with E-state index < -0.39 is 6.10 Å². The van der Waals surface area contributed by atoms with Crippen LogP contribution in [-0.2, 0) is 9.53 Å². The fraction of sp³-hybridized carbons (Fsp3) is 0.364. The second kappa shape index (κ2) is 11.2. The number of benzene rings is 2. The molecule has 29 heavy (non-hydrogen) atoms. The van der Waals surface area contributed by atoms with Gasteiger partial charge in [-0.1, -0.05) is 17.7 Å². The first-order valence-corrected chi connectivity index (χ1v) is 9.50. The summed E-state index contributed by atoms with van der Waals surface area (Å²) in [6, 6.07) is 14.1. The Bertz CT molecular complexity index is 790. The summed E-state index contributed by atoms with van der Waals surface area (Å²) in [6.45, 7) is 4.56. The standard InChI is InChI=1S/C22H28N2O5/c1-4-28-22(27)17-7-11-20(12-8-17)29-15-19(25)13-24(3)14-21(26)23-18-9-5-16(2)6-10-18/h5-12,19,25H,4,13-15H2,1-3H3,(H,23,26). The second-order valence-electron chi connectivity index (χ2n) is 6.82.